The van der Waals surface area contributed by atoms with Gasteiger partial charge in [-0.3, -0.25) is 11.9 Å². The van der Waals surface area contributed by atoms with Gasteiger partial charge in [-0.25, -0.2) is 8.78 Å². The van der Waals surface area contributed by atoms with Crippen LogP contribution >= 0.6 is 11.9 Å². The Balaban J connectivity index is 0.00000288. The van der Waals surface area contributed by atoms with E-state index in [1.165, 1.54) is 19.1 Å². The van der Waals surface area contributed by atoms with Crippen LogP contribution in [0.15, 0.2) is 41.3 Å². The molecule has 2 rings (SSSR count). The standard InChI is InChI=1S/C17H19F2N2OS.Es/c1-3-21-23-14-6-4-12(5-7-14)10-20-11-13-8-15(18)16(19)9-17(13)22-2;/h4-9,20H,3,10-11H2,1-2H3;/q-1;. The van der Waals surface area contributed by atoms with Crippen molar-refractivity contribution < 1.29 is 13.5 Å². The minimum absolute atomic E-state index is 0. The summed E-state index contributed by atoms with van der Waals surface area (Å²) >= 11 is 1.47. The molecule has 2 aromatic rings. The molecule has 24 heavy (non-hydrogen) atoms. The minimum Gasteiger partial charge on any atom is -0.602 e. The molecule has 0 aliphatic carbocycles. The molecule has 1 N–H and O–H groups in total. The van der Waals surface area contributed by atoms with Crippen LogP contribution in [-0.2, 0) is 13.1 Å². The summed E-state index contributed by atoms with van der Waals surface area (Å²) in [5.74, 6) is -1.44. The maximum Gasteiger partial charge on any atom is 0.162 e. The molecule has 0 atom stereocenters. The topological polar surface area (TPSA) is 35.4 Å². The van der Waals surface area contributed by atoms with Crippen molar-refractivity contribution in [2.75, 3.05) is 13.7 Å². The average Bonchev–Trinajstić information content (AvgIpc) is 2.57. The van der Waals surface area contributed by atoms with Crippen LogP contribution in [0.5, 0.6) is 5.75 Å². The fourth-order valence-electron chi connectivity index (χ4n) is 2.05. The van der Waals surface area contributed by atoms with Gasteiger partial charge in [0.05, 0.1) is 7.11 Å². The third-order valence-corrected chi connectivity index (χ3v) is 4.06. The van der Waals surface area contributed by atoms with Gasteiger partial charge in [-0.15, -0.1) is 6.54 Å². The summed E-state index contributed by atoms with van der Waals surface area (Å²) in [5.41, 5.74) is 1.69. The van der Waals surface area contributed by atoms with Gasteiger partial charge in [0.15, 0.2) is 11.6 Å². The number of hydrogen-bond donors (Lipinski definition) is 1. The minimum atomic E-state index is -0.906. The molecule has 7 heteroatoms. The predicted molar refractivity (Wildman–Crippen MR) is 89.7 cm³/mol. The molecular weight excluding hydrogens is 570 g/mol. The van der Waals surface area contributed by atoms with Crippen LogP contribution in [0.4, 0.5) is 8.78 Å². The van der Waals surface area contributed by atoms with Crippen molar-refractivity contribution in [3.8, 4) is 5.75 Å². The van der Waals surface area contributed by atoms with Crippen LogP contribution in [-0.4, -0.2) is 13.7 Å². The maximum absolute atomic E-state index is 13.3. The number of rotatable bonds is 8. The van der Waals surface area contributed by atoms with Gasteiger partial charge in [0.25, 0.3) is 0 Å². The third-order valence-electron chi connectivity index (χ3n) is 3.19. The first-order chi connectivity index (χ1) is 11.1. The maximum atomic E-state index is 13.3. The van der Waals surface area contributed by atoms with Gasteiger partial charge in [-0.1, -0.05) is 19.1 Å². The van der Waals surface area contributed by atoms with Gasteiger partial charge in [0, 0.05) is 24.7 Å². The molecule has 2 aromatic carbocycles. The molecule has 0 unspecified atom stereocenters. The number of ether oxygens (including phenoxy) is 1. The Morgan fingerprint density at radius 3 is 2.38 bits per heavy atom. The fraction of sp³-hybridized carbons (Fsp3) is 0.294. The second-order valence-corrected chi connectivity index (χ2v) is 5.77. The zero-order valence-corrected chi connectivity index (χ0v) is 16.7. The Bertz CT molecular complexity index is 641. The summed E-state index contributed by atoms with van der Waals surface area (Å²) in [7, 11) is 1.44. The molecule has 0 aliphatic heterocycles. The SMILES string of the molecule is CC[N-]Sc1ccc(CNCc2cc(F)c(F)cc2OC)cc1.[Es]. The van der Waals surface area contributed by atoms with Gasteiger partial charge in [-0.05, 0) is 28.7 Å². The molecule has 1 radical (unpaired) electrons. The number of hydrogen-bond acceptors (Lipinski definition) is 3. The smallest absolute Gasteiger partial charge is 0.162 e. The van der Waals surface area contributed by atoms with Crippen molar-refractivity contribution >= 4 is 11.9 Å². The van der Waals surface area contributed by atoms with Crippen molar-refractivity contribution in [2.24, 2.45) is 0 Å². The van der Waals surface area contributed by atoms with Gasteiger partial charge < -0.3 is 14.8 Å². The van der Waals surface area contributed by atoms with Crippen molar-refractivity contribution in [2.45, 2.75) is 24.9 Å². The average molecular weight is 589 g/mol. The molecule has 135 valence electrons. The first-order valence-electron chi connectivity index (χ1n) is 7.29. The fourth-order valence-corrected chi connectivity index (χ4v) is 2.58. The molecule has 0 spiro atoms. The Labute approximate surface area is 139 Å². The monoisotopic (exact) mass is 589 g/mol. The van der Waals surface area contributed by atoms with E-state index in [0.29, 0.717) is 24.4 Å². The van der Waals surface area contributed by atoms with E-state index in [4.69, 9.17) is 4.74 Å². The molecule has 0 aromatic heterocycles. The van der Waals surface area contributed by atoms with Crippen molar-refractivity contribution in [3.05, 3.63) is 63.9 Å². The van der Waals surface area contributed by atoms with Crippen LogP contribution < -0.4 is 10.1 Å². The van der Waals surface area contributed by atoms with Crippen LogP contribution in [0.1, 0.15) is 18.1 Å². The summed E-state index contributed by atoms with van der Waals surface area (Å²) < 4.78 is 35.8. The summed E-state index contributed by atoms with van der Waals surface area (Å²) in [5, 5.41) is 3.20. The molecule has 0 saturated carbocycles. The van der Waals surface area contributed by atoms with Crippen LogP contribution in [0, 0.1) is 11.6 Å². The molecule has 3 nitrogen and oxygen atoms in total. The first-order valence-corrected chi connectivity index (χ1v) is 8.06. The van der Waals surface area contributed by atoms with E-state index in [1.807, 2.05) is 31.2 Å². The number of benzene rings is 2. The Hall–Kier alpha value is -2.63. The number of nitrogens with zero attached hydrogens (tertiary/aromatic N) is 1. The van der Waals surface area contributed by atoms with Crippen molar-refractivity contribution in [1.29, 1.82) is 0 Å². The van der Waals surface area contributed by atoms with E-state index in [0.717, 1.165) is 29.1 Å². The largest absolute Gasteiger partial charge is 0.602 e. The van der Waals surface area contributed by atoms with Crippen LogP contribution in [0.25, 0.3) is 4.72 Å². The summed E-state index contributed by atoms with van der Waals surface area (Å²) in [6, 6.07) is 10.3. The van der Waals surface area contributed by atoms with Gasteiger partial charge >= 0.3 is 0 Å². The molecule has 0 bridgehead atoms. The molecule has 0 aliphatic rings. The van der Waals surface area contributed by atoms with Crippen LogP contribution in [0.2, 0.25) is 0 Å². The quantitative estimate of drug-likeness (QED) is 0.456. The summed E-state index contributed by atoms with van der Waals surface area (Å²) in [6.07, 6.45) is 0. The van der Waals surface area contributed by atoms with Gasteiger partial charge in [0.1, 0.15) is 5.75 Å². The zero-order chi connectivity index (χ0) is 16.7. The van der Waals surface area contributed by atoms with Gasteiger partial charge in [-0.2, -0.15) is 0 Å². The second kappa shape index (κ2) is 9.50. The van der Waals surface area contributed by atoms with E-state index in [9.17, 15) is 8.78 Å². The zero-order valence-electron chi connectivity index (χ0n) is 13.4. The second-order valence-electron chi connectivity index (χ2n) is 4.86. The number of nitrogens with one attached hydrogen (secondary N) is 1. The Kier molecular flexibility index (Phi) is 7.68. The van der Waals surface area contributed by atoms with Crippen molar-refractivity contribution in [1.82, 2.24) is 5.32 Å². The van der Waals surface area contributed by atoms with Crippen molar-refractivity contribution in [3.63, 3.8) is 0 Å². The number of halogens is 2. The van der Waals surface area contributed by atoms with E-state index < -0.39 is 11.6 Å². The third kappa shape index (κ3) is 5.22. The summed E-state index contributed by atoms with van der Waals surface area (Å²) in [4.78, 5) is 1.10. The van der Waals surface area contributed by atoms with E-state index in [1.54, 1.807) is 0 Å². The Morgan fingerprint density at radius 1 is 1.08 bits per heavy atom. The number of methoxy groups -OCH3 is 1. The van der Waals surface area contributed by atoms with Gasteiger partial charge in [0.2, 0.25) is 0 Å². The molecule has 0 heterocycles. The predicted octanol–water partition coefficient (Wildman–Crippen LogP) is 4.66. The molecular formula is C17H19EsF2N2OS-. The van der Waals surface area contributed by atoms with E-state index in [-0.39, 0.29) is 0 Å². The Morgan fingerprint density at radius 2 is 1.75 bits per heavy atom. The van der Waals surface area contributed by atoms with E-state index in [2.05, 4.69) is 10.0 Å². The molecule has 0 saturated heterocycles. The van der Waals surface area contributed by atoms with E-state index >= 15 is 0 Å². The van der Waals surface area contributed by atoms with Crippen LogP contribution in [0.3, 0.4) is 0 Å². The normalized spacial score (nSPS) is 10.3. The molecule has 0 amide bonds. The first kappa shape index (κ1) is 19.4. The summed E-state index contributed by atoms with van der Waals surface area (Å²) in [6.45, 7) is 3.79. The molecule has 0 fully saturated rings.